The summed E-state index contributed by atoms with van der Waals surface area (Å²) in [6.07, 6.45) is 9.92. The van der Waals surface area contributed by atoms with Crippen molar-refractivity contribution >= 4 is 0 Å². The highest BCUT2D eigenvalue weighted by atomic mass is 16.7. The van der Waals surface area contributed by atoms with Crippen LogP contribution < -0.4 is 0 Å². The van der Waals surface area contributed by atoms with Crippen molar-refractivity contribution in [3.8, 4) is 0 Å². The van der Waals surface area contributed by atoms with Gasteiger partial charge in [-0.15, -0.1) is 0 Å². The molecule has 0 spiro atoms. The molecule has 0 aromatic rings. The summed E-state index contributed by atoms with van der Waals surface area (Å²) in [6, 6.07) is 0. The second kappa shape index (κ2) is 12.5. The van der Waals surface area contributed by atoms with Crippen LogP contribution in [-0.4, -0.2) is 63.8 Å². The van der Waals surface area contributed by atoms with Gasteiger partial charge in [0.2, 0.25) is 0 Å². The monoisotopic (exact) mass is 576 g/mol. The lowest BCUT2D eigenvalue weighted by molar-refractivity contribution is -0.313. The fourth-order valence-electron chi connectivity index (χ4n) is 10.8. The molecule has 236 valence electrons. The quantitative estimate of drug-likeness (QED) is 0.257. The largest absolute Gasteiger partial charge is 0.394 e. The Morgan fingerprint density at radius 2 is 1.71 bits per heavy atom. The molecule has 0 aromatic carbocycles. The molecule has 0 aromatic heterocycles. The Morgan fingerprint density at radius 3 is 2.39 bits per heavy atom. The Hall–Kier alpha value is -0.500. The predicted octanol–water partition coefficient (Wildman–Crippen LogP) is 5.85. The van der Waals surface area contributed by atoms with Crippen molar-refractivity contribution in [1.82, 2.24) is 0 Å². The lowest BCUT2D eigenvalue weighted by Crippen LogP contribution is -2.60. The third-order valence-electron chi connectivity index (χ3n) is 13.5. The second-order valence-corrected chi connectivity index (χ2v) is 15.7. The van der Waals surface area contributed by atoms with E-state index in [1.165, 1.54) is 56.9 Å². The number of allylic oxidation sites excluding steroid dienone is 1. The minimum Gasteiger partial charge on any atom is -0.394 e. The van der Waals surface area contributed by atoms with E-state index in [-0.39, 0.29) is 11.5 Å². The standard InChI is InChI=1S/C35H60O6/c1-7-22(20(2)3)9-8-21(4)26-12-13-27-25-11-10-23-18-24(14-16-34(23,5)28(25)15-17-35(26,27)6)40-33-32(39)31(38)30(37)29(19-36)41-33/h10,20-22,24-33,36-39H,7-9,11-19H2,1-6H3/t21-,22-,24+,25-,26+,27-,28+,29-,30-,31+,32-,33-,34+,35-/m1/s1. The van der Waals surface area contributed by atoms with Gasteiger partial charge in [0.25, 0.3) is 0 Å². The average Bonchev–Trinajstić information content (AvgIpc) is 3.30. The first kappa shape index (κ1) is 31.9. The third-order valence-corrected chi connectivity index (χ3v) is 13.5. The molecule has 4 aliphatic carbocycles. The van der Waals surface area contributed by atoms with E-state index < -0.39 is 37.3 Å². The molecule has 14 atom stereocenters. The maximum absolute atomic E-state index is 10.5. The zero-order chi connectivity index (χ0) is 29.7. The normalized spacial score (nSPS) is 47.7. The molecule has 1 aliphatic heterocycles. The first-order valence-corrected chi connectivity index (χ1v) is 17.1. The van der Waals surface area contributed by atoms with Crippen LogP contribution >= 0.6 is 0 Å². The lowest BCUT2D eigenvalue weighted by Gasteiger charge is -2.58. The van der Waals surface area contributed by atoms with E-state index in [1.807, 2.05) is 0 Å². The molecule has 1 saturated heterocycles. The highest BCUT2D eigenvalue weighted by Crippen LogP contribution is 2.67. The molecule has 1 heterocycles. The van der Waals surface area contributed by atoms with E-state index in [0.717, 1.165) is 60.7 Å². The van der Waals surface area contributed by atoms with Gasteiger partial charge in [-0.3, -0.25) is 0 Å². The molecular weight excluding hydrogens is 516 g/mol. The van der Waals surface area contributed by atoms with Gasteiger partial charge in [0.15, 0.2) is 6.29 Å². The van der Waals surface area contributed by atoms with Gasteiger partial charge < -0.3 is 29.9 Å². The molecule has 6 heteroatoms. The van der Waals surface area contributed by atoms with Gasteiger partial charge in [-0.05, 0) is 110 Å². The molecular formula is C35H60O6. The predicted molar refractivity (Wildman–Crippen MR) is 161 cm³/mol. The van der Waals surface area contributed by atoms with E-state index in [2.05, 4.69) is 47.6 Å². The summed E-state index contributed by atoms with van der Waals surface area (Å²) >= 11 is 0. The van der Waals surface area contributed by atoms with Crippen molar-refractivity contribution in [2.75, 3.05) is 6.61 Å². The summed E-state index contributed by atoms with van der Waals surface area (Å²) in [4.78, 5) is 0. The molecule has 0 bridgehead atoms. The minimum atomic E-state index is -1.40. The smallest absolute Gasteiger partial charge is 0.186 e. The average molecular weight is 577 g/mol. The molecule has 5 aliphatic rings. The topological polar surface area (TPSA) is 99.4 Å². The Bertz CT molecular complexity index is 918. The van der Waals surface area contributed by atoms with Gasteiger partial charge >= 0.3 is 0 Å². The third kappa shape index (κ3) is 5.73. The summed E-state index contributed by atoms with van der Waals surface area (Å²) in [5, 5.41) is 40.4. The Morgan fingerprint density at radius 1 is 0.951 bits per heavy atom. The second-order valence-electron chi connectivity index (χ2n) is 15.7. The number of aliphatic hydroxyl groups excluding tert-OH is 4. The molecule has 0 amide bonds. The van der Waals surface area contributed by atoms with Crippen LogP contribution in [-0.2, 0) is 9.47 Å². The van der Waals surface area contributed by atoms with E-state index in [0.29, 0.717) is 5.41 Å². The van der Waals surface area contributed by atoms with Crippen molar-refractivity contribution in [3.63, 3.8) is 0 Å². The maximum Gasteiger partial charge on any atom is 0.186 e. The van der Waals surface area contributed by atoms with Gasteiger partial charge in [0.05, 0.1) is 12.7 Å². The summed E-state index contributed by atoms with van der Waals surface area (Å²) in [5.41, 5.74) is 2.19. The summed E-state index contributed by atoms with van der Waals surface area (Å²) in [5.74, 6) is 5.66. The van der Waals surface area contributed by atoms with E-state index in [1.54, 1.807) is 0 Å². The molecule has 4 fully saturated rings. The van der Waals surface area contributed by atoms with E-state index >= 15 is 0 Å². The molecule has 5 rings (SSSR count). The zero-order valence-corrected chi connectivity index (χ0v) is 26.7. The number of hydrogen-bond donors (Lipinski definition) is 4. The highest BCUT2D eigenvalue weighted by Gasteiger charge is 2.59. The fraction of sp³-hybridized carbons (Fsp3) is 0.943. The molecule has 0 unspecified atom stereocenters. The van der Waals surface area contributed by atoms with Crippen LogP contribution in [0.2, 0.25) is 0 Å². The van der Waals surface area contributed by atoms with Crippen molar-refractivity contribution in [2.24, 2.45) is 52.3 Å². The minimum absolute atomic E-state index is 0.101. The molecule has 4 N–H and O–H groups in total. The van der Waals surface area contributed by atoms with Crippen LogP contribution in [0.1, 0.15) is 112 Å². The van der Waals surface area contributed by atoms with Gasteiger partial charge in [0, 0.05) is 0 Å². The summed E-state index contributed by atoms with van der Waals surface area (Å²) in [6.45, 7) is 14.5. The van der Waals surface area contributed by atoms with Gasteiger partial charge in [-0.2, -0.15) is 0 Å². The zero-order valence-electron chi connectivity index (χ0n) is 26.7. The molecule has 6 nitrogen and oxygen atoms in total. The highest BCUT2D eigenvalue weighted by molar-refractivity contribution is 5.25. The first-order chi connectivity index (χ1) is 19.4. The van der Waals surface area contributed by atoms with Gasteiger partial charge in [-0.25, -0.2) is 0 Å². The lowest BCUT2D eigenvalue weighted by atomic mass is 9.47. The van der Waals surface area contributed by atoms with E-state index in [4.69, 9.17) is 9.47 Å². The van der Waals surface area contributed by atoms with Crippen molar-refractivity contribution in [3.05, 3.63) is 11.6 Å². The number of hydrogen-bond acceptors (Lipinski definition) is 6. The fourth-order valence-corrected chi connectivity index (χ4v) is 10.8. The number of fused-ring (bicyclic) bond motifs is 5. The van der Waals surface area contributed by atoms with Gasteiger partial charge in [-0.1, -0.05) is 66.0 Å². The number of rotatable bonds is 9. The Labute approximate surface area is 249 Å². The van der Waals surface area contributed by atoms with E-state index in [9.17, 15) is 20.4 Å². The maximum atomic E-state index is 10.5. The Balaban J connectivity index is 1.24. The van der Waals surface area contributed by atoms with Crippen molar-refractivity contribution in [2.45, 2.75) is 149 Å². The first-order valence-electron chi connectivity index (χ1n) is 17.1. The Kier molecular flexibility index (Phi) is 9.71. The summed E-state index contributed by atoms with van der Waals surface area (Å²) in [7, 11) is 0. The molecule has 41 heavy (non-hydrogen) atoms. The van der Waals surface area contributed by atoms with Crippen LogP contribution in [0.4, 0.5) is 0 Å². The van der Waals surface area contributed by atoms with Crippen LogP contribution in [0, 0.1) is 52.3 Å². The number of aliphatic hydroxyl groups is 4. The van der Waals surface area contributed by atoms with Crippen molar-refractivity contribution < 1.29 is 29.9 Å². The summed E-state index contributed by atoms with van der Waals surface area (Å²) < 4.78 is 11.9. The van der Waals surface area contributed by atoms with Crippen molar-refractivity contribution in [1.29, 1.82) is 0 Å². The van der Waals surface area contributed by atoms with Crippen LogP contribution in [0.15, 0.2) is 11.6 Å². The van der Waals surface area contributed by atoms with Crippen LogP contribution in [0.3, 0.4) is 0 Å². The van der Waals surface area contributed by atoms with Crippen LogP contribution in [0.25, 0.3) is 0 Å². The molecule has 0 radical (unpaired) electrons. The SMILES string of the molecule is CC[C@H](CC[C@@H](C)[C@@H]1CC[C@@H]2[C@H]3CC=C4C[C@@H](O[C@@H]5O[C@H](CO)[C@@H](O)[C@H](O)[C@H]5O)CC[C@]4(C)[C@H]3CC[C@@]21C)C(C)C. The number of ether oxygens (including phenoxy) is 2. The molecule has 3 saturated carbocycles. The van der Waals surface area contributed by atoms with Gasteiger partial charge in [0.1, 0.15) is 24.4 Å². The van der Waals surface area contributed by atoms with Crippen LogP contribution in [0.5, 0.6) is 0 Å².